The second kappa shape index (κ2) is 7.91. The molecule has 0 bridgehead atoms. The van der Waals surface area contributed by atoms with Gasteiger partial charge in [0.2, 0.25) is 0 Å². The molecule has 5 nitrogen and oxygen atoms in total. The zero-order valence-corrected chi connectivity index (χ0v) is 15.6. The van der Waals surface area contributed by atoms with Crippen molar-refractivity contribution in [3.8, 4) is 16.9 Å². The predicted octanol–water partition coefficient (Wildman–Crippen LogP) is 4.89. The number of ether oxygens (including phenoxy) is 1. The highest BCUT2D eigenvalue weighted by molar-refractivity contribution is 7.13. The van der Waals surface area contributed by atoms with E-state index in [0.29, 0.717) is 28.5 Å². The molecule has 1 N–H and O–H groups in total. The molecule has 1 amide bonds. The van der Waals surface area contributed by atoms with Crippen molar-refractivity contribution in [2.45, 2.75) is 6.54 Å². The Bertz CT molecular complexity index is 1190. The number of rotatable bonds is 5. The summed E-state index contributed by atoms with van der Waals surface area (Å²) in [6, 6.07) is 22.1. The van der Waals surface area contributed by atoms with Crippen molar-refractivity contribution in [1.29, 1.82) is 5.26 Å². The van der Waals surface area contributed by atoms with Crippen LogP contribution in [0.3, 0.4) is 0 Å². The largest absolute Gasteiger partial charge is 0.447 e. The summed E-state index contributed by atoms with van der Waals surface area (Å²) >= 11 is 1.45. The monoisotopic (exact) mass is 385 g/mol. The Hall–Kier alpha value is -3.69. The van der Waals surface area contributed by atoms with Crippen molar-refractivity contribution in [1.82, 2.24) is 10.3 Å². The van der Waals surface area contributed by atoms with E-state index in [0.717, 1.165) is 15.8 Å². The molecular weight excluding hydrogens is 370 g/mol. The van der Waals surface area contributed by atoms with Gasteiger partial charge in [0.05, 0.1) is 23.7 Å². The fraction of sp³-hybridized carbons (Fsp3) is 0.0455. The molecule has 0 radical (unpaired) electrons. The van der Waals surface area contributed by atoms with E-state index in [1.807, 2.05) is 36.4 Å². The summed E-state index contributed by atoms with van der Waals surface area (Å²) in [6.07, 6.45) is 1.73. The number of benzene rings is 2. The molecule has 0 aliphatic heterocycles. The topological polar surface area (TPSA) is 75.0 Å². The lowest BCUT2D eigenvalue weighted by Crippen LogP contribution is -2.22. The number of carbonyl (C=O) groups is 1. The summed E-state index contributed by atoms with van der Waals surface area (Å²) in [7, 11) is 0. The summed E-state index contributed by atoms with van der Waals surface area (Å²) in [6.45, 7) is 0.413. The lowest BCUT2D eigenvalue weighted by atomic mass is 10.1. The number of pyridine rings is 1. The highest BCUT2D eigenvalue weighted by Crippen LogP contribution is 2.29. The fourth-order valence-corrected chi connectivity index (χ4v) is 3.55. The molecule has 28 heavy (non-hydrogen) atoms. The number of nitriles is 1. The summed E-state index contributed by atoms with van der Waals surface area (Å²) in [5.74, 6) is 0.476. The van der Waals surface area contributed by atoms with Crippen molar-refractivity contribution in [2.24, 2.45) is 0 Å². The van der Waals surface area contributed by atoms with E-state index in [1.54, 1.807) is 36.5 Å². The quantitative estimate of drug-likeness (QED) is 0.531. The molecule has 0 spiro atoms. The molecule has 6 heteroatoms. The first kappa shape index (κ1) is 17.7. The van der Waals surface area contributed by atoms with Crippen molar-refractivity contribution in [3.63, 3.8) is 0 Å². The predicted molar refractivity (Wildman–Crippen MR) is 108 cm³/mol. The minimum Gasteiger partial charge on any atom is -0.447 e. The molecule has 4 aromatic rings. The minimum atomic E-state index is -0.136. The average Bonchev–Trinajstić information content (AvgIpc) is 3.19. The van der Waals surface area contributed by atoms with Gasteiger partial charge in [0.15, 0.2) is 5.06 Å². The van der Waals surface area contributed by atoms with Crippen molar-refractivity contribution < 1.29 is 9.53 Å². The molecule has 2 aromatic heterocycles. The maximum Gasteiger partial charge on any atom is 0.251 e. The molecule has 0 aliphatic rings. The number of hydrogen-bond acceptors (Lipinski definition) is 5. The van der Waals surface area contributed by atoms with Gasteiger partial charge in [-0.1, -0.05) is 12.1 Å². The van der Waals surface area contributed by atoms with E-state index in [9.17, 15) is 4.79 Å². The summed E-state index contributed by atoms with van der Waals surface area (Å²) in [5, 5.41) is 13.5. The zero-order valence-electron chi connectivity index (χ0n) is 14.8. The van der Waals surface area contributed by atoms with Crippen LogP contribution in [0, 0.1) is 11.3 Å². The first-order valence-electron chi connectivity index (χ1n) is 8.61. The number of nitrogens with one attached hydrogen (secondary N) is 1. The first-order chi connectivity index (χ1) is 13.7. The third-order valence-electron chi connectivity index (χ3n) is 4.11. The number of aromatic nitrogens is 1. The van der Waals surface area contributed by atoms with E-state index in [1.165, 1.54) is 11.3 Å². The maximum absolute atomic E-state index is 12.4. The first-order valence-corrected chi connectivity index (χ1v) is 9.43. The van der Waals surface area contributed by atoms with Gasteiger partial charge in [-0.3, -0.25) is 9.78 Å². The molecular formula is C22H15N3O2S. The Balaban J connectivity index is 1.39. The highest BCUT2D eigenvalue weighted by Gasteiger charge is 2.09. The second-order valence-electron chi connectivity index (χ2n) is 6.06. The van der Waals surface area contributed by atoms with Gasteiger partial charge in [0.1, 0.15) is 5.75 Å². The molecule has 2 heterocycles. The maximum atomic E-state index is 12.4. The molecule has 0 fully saturated rings. The van der Waals surface area contributed by atoms with E-state index in [4.69, 9.17) is 10.00 Å². The van der Waals surface area contributed by atoms with Crippen molar-refractivity contribution in [2.75, 3.05) is 0 Å². The smallest absolute Gasteiger partial charge is 0.251 e. The van der Waals surface area contributed by atoms with Gasteiger partial charge in [-0.15, -0.1) is 11.3 Å². The van der Waals surface area contributed by atoms with Crippen LogP contribution in [-0.4, -0.2) is 10.9 Å². The van der Waals surface area contributed by atoms with Crippen molar-refractivity contribution in [3.05, 3.63) is 88.9 Å². The third kappa shape index (κ3) is 4.00. The molecule has 0 unspecified atom stereocenters. The lowest BCUT2D eigenvalue weighted by molar-refractivity contribution is 0.0951. The van der Waals surface area contributed by atoms with Gasteiger partial charge in [-0.05, 0) is 54.6 Å². The van der Waals surface area contributed by atoms with Crippen LogP contribution in [0.4, 0.5) is 0 Å². The van der Waals surface area contributed by atoms with Crippen LogP contribution in [-0.2, 0) is 6.54 Å². The minimum absolute atomic E-state index is 0.136. The number of fused-ring (bicyclic) bond motifs is 1. The number of amides is 1. The SMILES string of the molecule is N#Cc1cccc(Oc2ccc(CNC(=O)c3ccc4ncccc4c3)s2)c1. The Morgan fingerprint density at radius 1 is 1.11 bits per heavy atom. The average molecular weight is 385 g/mol. The molecule has 0 aliphatic carbocycles. The Kier molecular flexibility index (Phi) is 5.00. The van der Waals surface area contributed by atoms with Gasteiger partial charge in [-0.25, -0.2) is 0 Å². The molecule has 4 rings (SSSR count). The normalized spacial score (nSPS) is 10.4. The number of carbonyl (C=O) groups excluding carboxylic acids is 1. The second-order valence-corrected chi connectivity index (χ2v) is 7.19. The van der Waals surface area contributed by atoms with Crippen LogP contribution in [0.2, 0.25) is 0 Å². The number of hydrogen-bond donors (Lipinski definition) is 1. The van der Waals surface area contributed by atoms with E-state index < -0.39 is 0 Å². The van der Waals surface area contributed by atoms with E-state index in [-0.39, 0.29) is 5.91 Å². The van der Waals surface area contributed by atoms with E-state index in [2.05, 4.69) is 16.4 Å². The van der Waals surface area contributed by atoms with Gasteiger partial charge in [0, 0.05) is 22.0 Å². The molecule has 0 atom stereocenters. The zero-order chi connectivity index (χ0) is 19.3. The van der Waals surface area contributed by atoms with Crippen LogP contribution in [0.1, 0.15) is 20.8 Å². The summed E-state index contributed by atoms with van der Waals surface area (Å²) in [4.78, 5) is 17.7. The number of thiophene rings is 1. The molecule has 136 valence electrons. The van der Waals surface area contributed by atoms with Gasteiger partial charge < -0.3 is 10.1 Å². The van der Waals surface area contributed by atoms with Gasteiger partial charge in [-0.2, -0.15) is 5.26 Å². The summed E-state index contributed by atoms with van der Waals surface area (Å²) in [5.41, 5.74) is 2.01. The van der Waals surface area contributed by atoms with Gasteiger partial charge in [0.25, 0.3) is 5.91 Å². The fourth-order valence-electron chi connectivity index (χ4n) is 2.74. The van der Waals surface area contributed by atoms with Crippen molar-refractivity contribution >= 4 is 28.1 Å². The Morgan fingerprint density at radius 3 is 2.93 bits per heavy atom. The third-order valence-corrected chi connectivity index (χ3v) is 5.07. The van der Waals surface area contributed by atoms with Crippen LogP contribution in [0.15, 0.2) is 72.9 Å². The van der Waals surface area contributed by atoms with E-state index >= 15 is 0 Å². The van der Waals surface area contributed by atoms with Crippen LogP contribution < -0.4 is 10.1 Å². The molecule has 0 saturated carbocycles. The van der Waals surface area contributed by atoms with Gasteiger partial charge >= 0.3 is 0 Å². The highest BCUT2D eigenvalue weighted by atomic mass is 32.1. The standard InChI is InChI=1S/C22H15N3O2S/c23-13-15-3-1-5-18(11-15)27-21-9-7-19(28-21)14-25-22(26)17-6-8-20-16(12-17)4-2-10-24-20/h1-12H,14H2,(H,25,26). The molecule has 0 saturated heterocycles. The number of nitrogens with zero attached hydrogens (tertiary/aromatic N) is 2. The Labute approximate surface area is 165 Å². The summed E-state index contributed by atoms with van der Waals surface area (Å²) < 4.78 is 5.79. The van der Waals surface area contributed by atoms with Crippen LogP contribution in [0.5, 0.6) is 10.8 Å². The lowest BCUT2D eigenvalue weighted by Gasteiger charge is -2.05. The molecule has 2 aromatic carbocycles. The van der Waals surface area contributed by atoms with Crippen LogP contribution >= 0.6 is 11.3 Å². The Morgan fingerprint density at radius 2 is 2.04 bits per heavy atom. The van der Waals surface area contributed by atoms with Crippen LogP contribution in [0.25, 0.3) is 10.9 Å².